The number of imidazole rings is 1. The Morgan fingerprint density at radius 2 is 1.84 bits per heavy atom. The Labute approximate surface area is 209 Å². The summed E-state index contributed by atoms with van der Waals surface area (Å²) in [5, 5.41) is 13.3. The number of piperidine rings is 1. The van der Waals surface area contributed by atoms with Crippen LogP contribution in [-0.4, -0.2) is 44.5 Å². The molecule has 3 heterocycles. The number of halogens is 4. The summed E-state index contributed by atoms with van der Waals surface area (Å²) in [6.45, 7) is 3.73. The van der Waals surface area contributed by atoms with Crippen LogP contribution in [0.15, 0.2) is 42.6 Å². The van der Waals surface area contributed by atoms with Gasteiger partial charge in [0.15, 0.2) is 0 Å². The maximum absolute atomic E-state index is 13.9. The molecule has 0 radical (unpaired) electrons. The number of alkyl halides is 4. The number of hydrogen-bond donors (Lipinski definition) is 2. The Hall–Kier alpha value is -3.89. The number of aryl methyl sites for hydroxylation is 1. The van der Waals surface area contributed by atoms with E-state index in [9.17, 15) is 27.5 Å². The fourth-order valence-corrected chi connectivity index (χ4v) is 4.80. The van der Waals surface area contributed by atoms with Gasteiger partial charge >= 0.3 is 5.97 Å². The molecule has 1 saturated heterocycles. The largest absolute Gasteiger partial charge is 0.478 e. The number of benzene rings is 2. The number of carboxylic acids is 1. The van der Waals surface area contributed by atoms with Gasteiger partial charge in [0, 0.05) is 48.8 Å². The number of rotatable bonds is 6. The van der Waals surface area contributed by atoms with Crippen LogP contribution in [0.3, 0.4) is 0 Å². The van der Waals surface area contributed by atoms with Crippen molar-refractivity contribution in [3.63, 3.8) is 0 Å². The quantitative estimate of drug-likeness (QED) is 0.296. The fourth-order valence-electron chi connectivity index (χ4n) is 4.80. The molecule has 194 valence electrons. The lowest BCUT2D eigenvalue weighted by Gasteiger charge is -2.33. The van der Waals surface area contributed by atoms with Crippen LogP contribution >= 0.6 is 0 Å². The second-order valence-electron chi connectivity index (χ2n) is 9.38. The first kappa shape index (κ1) is 24.8. The number of hydrogen-bond acceptors (Lipinski definition) is 5. The normalized spacial score (nSPS) is 16.5. The van der Waals surface area contributed by atoms with Gasteiger partial charge in [0.05, 0.1) is 17.1 Å². The van der Waals surface area contributed by atoms with Crippen LogP contribution < -0.4 is 10.2 Å². The van der Waals surface area contributed by atoms with E-state index >= 15 is 0 Å². The Morgan fingerprint density at radius 3 is 2.51 bits per heavy atom. The van der Waals surface area contributed by atoms with Crippen molar-refractivity contribution in [3.8, 4) is 0 Å². The lowest BCUT2D eigenvalue weighted by atomic mass is 10.0. The predicted molar refractivity (Wildman–Crippen MR) is 132 cm³/mol. The maximum atomic E-state index is 13.9. The third-order valence-electron chi connectivity index (χ3n) is 6.67. The Balaban J connectivity index is 1.68. The van der Waals surface area contributed by atoms with Gasteiger partial charge in [-0.1, -0.05) is 18.2 Å². The number of nitrogens with one attached hydrogen (secondary N) is 1. The van der Waals surface area contributed by atoms with E-state index in [1.165, 1.54) is 16.7 Å². The van der Waals surface area contributed by atoms with E-state index in [4.69, 9.17) is 4.98 Å². The molecule has 1 unspecified atom stereocenters. The molecule has 37 heavy (non-hydrogen) atoms. The average molecular weight is 516 g/mol. The smallest absolute Gasteiger partial charge is 0.337 e. The summed E-state index contributed by atoms with van der Waals surface area (Å²) in [4.78, 5) is 22.4. The van der Waals surface area contributed by atoms with Gasteiger partial charge in [-0.2, -0.15) is 0 Å². The average Bonchev–Trinajstić information content (AvgIpc) is 3.30. The number of carbonyl (C=O) groups is 1. The minimum absolute atomic E-state index is 0.0176. The van der Waals surface area contributed by atoms with Crippen molar-refractivity contribution in [1.29, 1.82) is 0 Å². The molecule has 2 aromatic carbocycles. The highest BCUT2D eigenvalue weighted by Gasteiger charge is 2.35. The third-order valence-corrected chi connectivity index (χ3v) is 6.67. The molecule has 7 nitrogen and oxygen atoms in total. The molecule has 1 aliphatic rings. The van der Waals surface area contributed by atoms with Crippen LogP contribution in [0.1, 0.15) is 59.4 Å². The summed E-state index contributed by atoms with van der Waals surface area (Å²) < 4.78 is 56.5. The van der Waals surface area contributed by atoms with E-state index in [-0.39, 0.29) is 43.1 Å². The number of carboxylic acid groups (broad SMARTS) is 1. The zero-order valence-corrected chi connectivity index (χ0v) is 20.2. The standard InChI is InChI=1S/C26H25F4N5O2/c1-14-11-17(15(2)31-19-6-4-3-5-16(19)24(36)37)21-18(12-14)23-32-20(22(27)28)13-35(23)25(33-21)34-9-7-26(29,30)8-10-34/h3-6,11-13,15,22,31H,7-10H2,1-2H3,(H,36,37). The van der Waals surface area contributed by atoms with E-state index in [0.717, 1.165) is 5.56 Å². The molecule has 0 bridgehead atoms. The highest BCUT2D eigenvalue weighted by Crippen LogP contribution is 2.36. The van der Waals surface area contributed by atoms with Crippen LogP contribution in [0, 0.1) is 6.92 Å². The van der Waals surface area contributed by atoms with Crippen molar-refractivity contribution in [3.05, 3.63) is 65.0 Å². The molecule has 1 fully saturated rings. The zero-order chi connectivity index (χ0) is 26.5. The zero-order valence-electron chi connectivity index (χ0n) is 20.2. The predicted octanol–water partition coefficient (Wildman–Crippen LogP) is 6.24. The molecule has 2 N–H and O–H groups in total. The fraction of sp³-hybridized carbons (Fsp3) is 0.346. The van der Waals surface area contributed by atoms with Gasteiger partial charge in [-0.3, -0.25) is 4.40 Å². The van der Waals surface area contributed by atoms with E-state index in [0.29, 0.717) is 22.2 Å². The molecule has 1 atom stereocenters. The summed E-state index contributed by atoms with van der Waals surface area (Å²) in [5.74, 6) is -3.60. The lowest BCUT2D eigenvalue weighted by molar-refractivity contribution is -0.0222. The van der Waals surface area contributed by atoms with Gasteiger partial charge in [-0.05, 0) is 37.6 Å². The Bertz CT molecular complexity index is 1490. The van der Waals surface area contributed by atoms with E-state index in [1.807, 2.05) is 19.9 Å². The summed E-state index contributed by atoms with van der Waals surface area (Å²) in [5.41, 5.74) is 2.35. The van der Waals surface area contributed by atoms with Gasteiger partial charge in [-0.25, -0.2) is 32.3 Å². The minimum atomic E-state index is -2.81. The van der Waals surface area contributed by atoms with E-state index in [2.05, 4.69) is 10.3 Å². The van der Waals surface area contributed by atoms with E-state index in [1.54, 1.807) is 29.2 Å². The second-order valence-corrected chi connectivity index (χ2v) is 9.38. The first-order valence-electron chi connectivity index (χ1n) is 11.9. The molecule has 0 spiro atoms. The van der Waals surface area contributed by atoms with Gasteiger partial charge in [0.2, 0.25) is 5.95 Å². The number of para-hydroxylation sites is 1. The Morgan fingerprint density at radius 1 is 1.14 bits per heavy atom. The number of fused-ring (bicyclic) bond motifs is 3. The SMILES string of the molecule is Cc1cc(C(C)Nc2ccccc2C(=O)O)c2nc(N3CCC(F)(F)CC3)n3cc(C(F)F)nc3c2c1. The molecule has 11 heteroatoms. The van der Waals surface area contributed by atoms with Crippen LogP contribution in [0.2, 0.25) is 0 Å². The van der Waals surface area contributed by atoms with Crippen molar-refractivity contribution < 1.29 is 27.5 Å². The molecule has 1 aliphatic heterocycles. The summed E-state index contributed by atoms with van der Waals surface area (Å²) in [6, 6.07) is 9.76. The highest BCUT2D eigenvalue weighted by atomic mass is 19.3. The number of aromatic carboxylic acids is 1. The molecule has 0 aliphatic carbocycles. The number of nitrogens with zero attached hydrogens (tertiary/aromatic N) is 4. The van der Waals surface area contributed by atoms with Gasteiger partial charge in [0.1, 0.15) is 11.3 Å². The van der Waals surface area contributed by atoms with Crippen LogP contribution in [0.4, 0.5) is 29.2 Å². The van der Waals surface area contributed by atoms with Crippen molar-refractivity contribution in [2.45, 2.75) is 45.1 Å². The molecular formula is C26H25F4N5O2. The Kier molecular flexibility index (Phi) is 6.17. The molecule has 4 aromatic rings. The molecular weight excluding hydrogens is 490 g/mol. The number of aromatic nitrogens is 3. The first-order valence-corrected chi connectivity index (χ1v) is 11.9. The first-order chi connectivity index (χ1) is 17.5. The van der Waals surface area contributed by atoms with Crippen molar-refractivity contribution in [2.24, 2.45) is 0 Å². The minimum Gasteiger partial charge on any atom is -0.478 e. The van der Waals surface area contributed by atoms with Crippen LogP contribution in [-0.2, 0) is 0 Å². The van der Waals surface area contributed by atoms with Crippen molar-refractivity contribution in [2.75, 3.05) is 23.3 Å². The van der Waals surface area contributed by atoms with Gasteiger partial charge in [-0.15, -0.1) is 0 Å². The van der Waals surface area contributed by atoms with E-state index < -0.39 is 30.1 Å². The van der Waals surface area contributed by atoms with Gasteiger partial charge in [0.25, 0.3) is 12.3 Å². The number of anilines is 2. The topological polar surface area (TPSA) is 82.8 Å². The monoisotopic (exact) mass is 515 g/mol. The molecule has 5 rings (SSSR count). The van der Waals surface area contributed by atoms with Crippen LogP contribution in [0.5, 0.6) is 0 Å². The maximum Gasteiger partial charge on any atom is 0.337 e. The highest BCUT2D eigenvalue weighted by molar-refractivity contribution is 5.96. The molecule has 0 saturated carbocycles. The second kappa shape index (κ2) is 9.20. The van der Waals surface area contributed by atoms with Gasteiger partial charge < -0.3 is 15.3 Å². The lowest BCUT2D eigenvalue weighted by Crippen LogP contribution is -2.40. The summed E-state index contributed by atoms with van der Waals surface area (Å²) in [6.07, 6.45) is -2.34. The molecule has 0 amide bonds. The third kappa shape index (κ3) is 4.65. The van der Waals surface area contributed by atoms with Crippen molar-refractivity contribution >= 4 is 34.2 Å². The summed E-state index contributed by atoms with van der Waals surface area (Å²) in [7, 11) is 0. The van der Waals surface area contributed by atoms with Crippen LogP contribution in [0.25, 0.3) is 16.6 Å². The van der Waals surface area contributed by atoms with Crippen molar-refractivity contribution in [1.82, 2.24) is 14.4 Å². The molecule has 2 aromatic heterocycles. The summed E-state index contributed by atoms with van der Waals surface area (Å²) >= 11 is 0.